The summed E-state index contributed by atoms with van der Waals surface area (Å²) in [5.74, 6) is 0.545. The van der Waals surface area contributed by atoms with E-state index in [2.05, 4.69) is 5.32 Å². The third-order valence-corrected chi connectivity index (χ3v) is 3.39. The van der Waals surface area contributed by atoms with Crippen LogP contribution in [0.3, 0.4) is 0 Å². The number of hydrogen-bond donors (Lipinski definition) is 1. The van der Waals surface area contributed by atoms with Crippen molar-refractivity contribution in [2.24, 2.45) is 0 Å². The van der Waals surface area contributed by atoms with E-state index in [1.807, 2.05) is 31.2 Å². The Kier molecular flexibility index (Phi) is 4.27. The molecular formula is C15H16ClNO2. The topological polar surface area (TPSA) is 42.2 Å². The number of amides is 1. The SMILES string of the molecule is Cc1coc(C)c1C(=O)NCCc1ccccc1Cl. The third kappa shape index (κ3) is 3.18. The number of furan rings is 1. The average Bonchev–Trinajstić information content (AvgIpc) is 2.71. The predicted octanol–water partition coefficient (Wildman–Crippen LogP) is 3.52. The molecular weight excluding hydrogens is 262 g/mol. The number of rotatable bonds is 4. The van der Waals surface area contributed by atoms with Gasteiger partial charge in [-0.3, -0.25) is 4.79 Å². The lowest BCUT2D eigenvalue weighted by Gasteiger charge is -2.06. The van der Waals surface area contributed by atoms with E-state index in [1.54, 1.807) is 13.2 Å². The average molecular weight is 278 g/mol. The molecule has 0 saturated heterocycles. The predicted molar refractivity (Wildman–Crippen MR) is 75.7 cm³/mol. The van der Waals surface area contributed by atoms with Crippen molar-refractivity contribution in [2.45, 2.75) is 20.3 Å². The molecule has 0 aliphatic carbocycles. The van der Waals surface area contributed by atoms with Crippen molar-refractivity contribution in [1.29, 1.82) is 0 Å². The van der Waals surface area contributed by atoms with Crippen LogP contribution in [0.4, 0.5) is 0 Å². The van der Waals surface area contributed by atoms with Gasteiger partial charge in [0.05, 0.1) is 11.8 Å². The van der Waals surface area contributed by atoms with Gasteiger partial charge in [-0.15, -0.1) is 0 Å². The van der Waals surface area contributed by atoms with Crippen LogP contribution in [0.5, 0.6) is 0 Å². The first-order valence-corrected chi connectivity index (χ1v) is 6.53. The Balaban J connectivity index is 1.93. The zero-order chi connectivity index (χ0) is 13.8. The fraction of sp³-hybridized carbons (Fsp3) is 0.267. The van der Waals surface area contributed by atoms with E-state index in [1.165, 1.54) is 0 Å². The summed E-state index contributed by atoms with van der Waals surface area (Å²) in [4.78, 5) is 12.0. The van der Waals surface area contributed by atoms with Gasteiger partial charge in [-0.05, 0) is 31.9 Å². The Hall–Kier alpha value is -1.74. The molecule has 0 aliphatic heterocycles. The number of hydrogen-bond acceptors (Lipinski definition) is 2. The van der Waals surface area contributed by atoms with Crippen molar-refractivity contribution in [2.75, 3.05) is 6.54 Å². The fourth-order valence-corrected chi connectivity index (χ4v) is 2.24. The van der Waals surface area contributed by atoms with Crippen LogP contribution in [-0.2, 0) is 6.42 Å². The summed E-state index contributed by atoms with van der Waals surface area (Å²) >= 11 is 6.06. The standard InChI is InChI=1S/C15H16ClNO2/c1-10-9-19-11(2)14(10)15(18)17-8-7-12-5-3-4-6-13(12)16/h3-6,9H,7-8H2,1-2H3,(H,17,18). The number of aryl methyl sites for hydroxylation is 2. The van der Waals surface area contributed by atoms with Gasteiger partial charge in [-0.1, -0.05) is 29.8 Å². The maximum Gasteiger partial charge on any atom is 0.255 e. The normalized spacial score (nSPS) is 10.5. The Morgan fingerprint density at radius 2 is 2.05 bits per heavy atom. The highest BCUT2D eigenvalue weighted by Crippen LogP contribution is 2.16. The largest absolute Gasteiger partial charge is 0.469 e. The molecule has 1 aromatic carbocycles. The van der Waals surface area contributed by atoms with Gasteiger partial charge in [0, 0.05) is 17.1 Å². The zero-order valence-corrected chi connectivity index (χ0v) is 11.8. The van der Waals surface area contributed by atoms with Crippen molar-refractivity contribution in [3.8, 4) is 0 Å². The van der Waals surface area contributed by atoms with Gasteiger partial charge in [0.25, 0.3) is 5.91 Å². The van der Waals surface area contributed by atoms with Gasteiger partial charge in [-0.25, -0.2) is 0 Å². The van der Waals surface area contributed by atoms with Gasteiger partial charge in [0.2, 0.25) is 0 Å². The number of carbonyl (C=O) groups is 1. The van der Waals surface area contributed by atoms with E-state index in [0.717, 1.165) is 16.1 Å². The monoisotopic (exact) mass is 277 g/mol. The van der Waals surface area contributed by atoms with Crippen molar-refractivity contribution in [1.82, 2.24) is 5.32 Å². The minimum atomic E-state index is -0.101. The van der Waals surface area contributed by atoms with Crippen LogP contribution in [-0.4, -0.2) is 12.5 Å². The first kappa shape index (κ1) is 13.7. The fourth-order valence-electron chi connectivity index (χ4n) is 2.01. The summed E-state index contributed by atoms with van der Waals surface area (Å²) < 4.78 is 5.22. The summed E-state index contributed by atoms with van der Waals surface area (Å²) in [7, 11) is 0. The Morgan fingerprint density at radius 1 is 1.32 bits per heavy atom. The highest BCUT2D eigenvalue weighted by molar-refractivity contribution is 6.31. The Morgan fingerprint density at radius 3 is 2.68 bits per heavy atom. The minimum absolute atomic E-state index is 0.101. The van der Waals surface area contributed by atoms with E-state index < -0.39 is 0 Å². The molecule has 100 valence electrons. The van der Waals surface area contributed by atoms with Crippen LogP contribution in [0, 0.1) is 13.8 Å². The summed E-state index contributed by atoms with van der Waals surface area (Å²) in [6, 6.07) is 7.64. The van der Waals surface area contributed by atoms with Gasteiger partial charge in [0.15, 0.2) is 0 Å². The van der Waals surface area contributed by atoms with Crippen LogP contribution < -0.4 is 5.32 Å². The summed E-state index contributed by atoms with van der Waals surface area (Å²) in [5.41, 5.74) is 2.51. The van der Waals surface area contributed by atoms with Crippen LogP contribution in [0.1, 0.15) is 27.2 Å². The van der Waals surface area contributed by atoms with Crippen molar-refractivity contribution in [3.05, 3.63) is 58.0 Å². The molecule has 0 saturated carbocycles. The Bertz CT molecular complexity index is 570. The molecule has 2 rings (SSSR count). The first-order chi connectivity index (χ1) is 9.09. The molecule has 0 spiro atoms. The second-order valence-corrected chi connectivity index (χ2v) is 4.85. The quantitative estimate of drug-likeness (QED) is 0.929. The van der Waals surface area contributed by atoms with E-state index in [-0.39, 0.29) is 5.91 Å². The van der Waals surface area contributed by atoms with Crippen LogP contribution in [0.25, 0.3) is 0 Å². The molecule has 2 aromatic rings. The number of nitrogens with one attached hydrogen (secondary N) is 1. The lowest BCUT2D eigenvalue weighted by Crippen LogP contribution is -2.26. The summed E-state index contributed by atoms with van der Waals surface area (Å²) in [6.07, 6.45) is 2.31. The van der Waals surface area contributed by atoms with Crippen LogP contribution in [0.15, 0.2) is 34.9 Å². The maximum absolute atomic E-state index is 12.0. The molecule has 1 aromatic heterocycles. The molecule has 0 fully saturated rings. The molecule has 1 N–H and O–H groups in total. The molecule has 19 heavy (non-hydrogen) atoms. The van der Waals surface area contributed by atoms with E-state index >= 15 is 0 Å². The van der Waals surface area contributed by atoms with E-state index in [0.29, 0.717) is 24.3 Å². The highest BCUT2D eigenvalue weighted by Gasteiger charge is 2.14. The smallest absolute Gasteiger partial charge is 0.255 e. The van der Waals surface area contributed by atoms with Crippen molar-refractivity contribution < 1.29 is 9.21 Å². The third-order valence-electron chi connectivity index (χ3n) is 3.02. The molecule has 0 bridgehead atoms. The second-order valence-electron chi connectivity index (χ2n) is 4.45. The summed E-state index contributed by atoms with van der Waals surface area (Å²) in [5, 5.41) is 3.61. The molecule has 1 amide bonds. The second kappa shape index (κ2) is 5.93. The molecule has 3 nitrogen and oxygen atoms in total. The lowest BCUT2D eigenvalue weighted by atomic mass is 10.1. The highest BCUT2D eigenvalue weighted by atomic mass is 35.5. The molecule has 4 heteroatoms. The van der Waals surface area contributed by atoms with Gasteiger partial charge >= 0.3 is 0 Å². The molecule has 0 radical (unpaired) electrons. The molecule has 1 heterocycles. The van der Waals surface area contributed by atoms with Gasteiger partial charge < -0.3 is 9.73 Å². The zero-order valence-electron chi connectivity index (χ0n) is 11.0. The number of carbonyl (C=O) groups excluding carboxylic acids is 1. The Labute approximate surface area is 117 Å². The van der Waals surface area contributed by atoms with Crippen LogP contribution in [0.2, 0.25) is 5.02 Å². The van der Waals surface area contributed by atoms with Gasteiger partial charge in [0.1, 0.15) is 5.76 Å². The van der Waals surface area contributed by atoms with Crippen molar-refractivity contribution >= 4 is 17.5 Å². The molecule has 0 atom stereocenters. The minimum Gasteiger partial charge on any atom is -0.469 e. The maximum atomic E-state index is 12.0. The number of halogens is 1. The van der Waals surface area contributed by atoms with Gasteiger partial charge in [-0.2, -0.15) is 0 Å². The van der Waals surface area contributed by atoms with E-state index in [4.69, 9.17) is 16.0 Å². The lowest BCUT2D eigenvalue weighted by molar-refractivity contribution is 0.0952. The van der Waals surface area contributed by atoms with Crippen LogP contribution >= 0.6 is 11.6 Å². The molecule has 0 aliphatic rings. The van der Waals surface area contributed by atoms with E-state index in [9.17, 15) is 4.79 Å². The number of benzene rings is 1. The molecule has 0 unspecified atom stereocenters. The summed E-state index contributed by atoms with van der Waals surface area (Å²) in [6.45, 7) is 4.20. The first-order valence-electron chi connectivity index (χ1n) is 6.16. The van der Waals surface area contributed by atoms with Crippen molar-refractivity contribution in [3.63, 3.8) is 0 Å².